The van der Waals surface area contributed by atoms with Crippen molar-refractivity contribution in [3.05, 3.63) is 30.0 Å². The predicted molar refractivity (Wildman–Crippen MR) is 55.7 cm³/mol. The van der Waals surface area contributed by atoms with E-state index in [-0.39, 0.29) is 18.3 Å². The lowest BCUT2D eigenvalue weighted by molar-refractivity contribution is -0.139. The van der Waals surface area contributed by atoms with E-state index in [1.165, 1.54) is 7.11 Å². The van der Waals surface area contributed by atoms with Crippen LogP contribution in [0.3, 0.4) is 0 Å². The first kappa shape index (κ1) is 9.58. The lowest BCUT2D eigenvalue weighted by atomic mass is 10.1. The van der Waals surface area contributed by atoms with Gasteiger partial charge in [-0.05, 0) is 6.07 Å². The molecule has 1 aromatic heterocycles. The Labute approximate surface area is 86.5 Å². The van der Waals surface area contributed by atoms with Crippen LogP contribution in [0.5, 0.6) is 5.88 Å². The van der Waals surface area contributed by atoms with Gasteiger partial charge >= 0.3 is 5.97 Å². The number of methoxy groups -OCH3 is 1. The third kappa shape index (κ3) is 1.66. The molecule has 0 radical (unpaired) electrons. The summed E-state index contributed by atoms with van der Waals surface area (Å²) >= 11 is 0. The number of ether oxygens (including phenoxy) is 1. The van der Waals surface area contributed by atoms with Crippen LogP contribution in [0.1, 0.15) is 5.69 Å². The first-order valence-electron chi connectivity index (χ1n) is 4.57. The van der Waals surface area contributed by atoms with Gasteiger partial charge < -0.3 is 14.8 Å². The van der Waals surface area contributed by atoms with E-state index in [0.717, 1.165) is 10.8 Å². The van der Waals surface area contributed by atoms with Crippen molar-refractivity contribution in [2.75, 3.05) is 7.11 Å². The van der Waals surface area contributed by atoms with Gasteiger partial charge in [-0.3, -0.25) is 4.79 Å². The van der Waals surface area contributed by atoms with E-state index in [0.29, 0.717) is 5.69 Å². The van der Waals surface area contributed by atoms with E-state index in [2.05, 4.69) is 9.72 Å². The van der Waals surface area contributed by atoms with Crippen molar-refractivity contribution in [1.29, 1.82) is 0 Å². The molecule has 4 heteroatoms. The number of carbonyl (C=O) groups excluding carboxylic acids is 1. The maximum absolute atomic E-state index is 11.1. The average Bonchev–Trinajstić information content (AvgIpc) is 2.57. The molecule has 1 heterocycles. The number of nitrogens with one attached hydrogen (secondary N) is 1. The second kappa shape index (κ2) is 3.65. The smallest absolute Gasteiger partial charge is 0.311 e. The number of aromatic nitrogens is 1. The summed E-state index contributed by atoms with van der Waals surface area (Å²) in [4.78, 5) is 13.9. The molecule has 0 aliphatic rings. The van der Waals surface area contributed by atoms with Crippen molar-refractivity contribution in [3.8, 4) is 5.88 Å². The molecule has 4 nitrogen and oxygen atoms in total. The van der Waals surface area contributed by atoms with Gasteiger partial charge in [0.2, 0.25) is 0 Å². The Kier molecular flexibility index (Phi) is 2.33. The zero-order valence-electron chi connectivity index (χ0n) is 8.28. The SMILES string of the molecule is COC(=O)Cc1[nH]c(O)c2ccccc12. The van der Waals surface area contributed by atoms with Crippen LogP contribution in [0.15, 0.2) is 24.3 Å². The fourth-order valence-electron chi connectivity index (χ4n) is 1.59. The van der Waals surface area contributed by atoms with Gasteiger partial charge in [-0.25, -0.2) is 0 Å². The van der Waals surface area contributed by atoms with Gasteiger partial charge in [-0.15, -0.1) is 0 Å². The fraction of sp³-hybridized carbons (Fsp3) is 0.182. The van der Waals surface area contributed by atoms with Crippen LogP contribution in [0.4, 0.5) is 0 Å². The first-order chi connectivity index (χ1) is 7.22. The number of aromatic hydroxyl groups is 1. The average molecular weight is 205 g/mol. The van der Waals surface area contributed by atoms with E-state index in [4.69, 9.17) is 0 Å². The van der Waals surface area contributed by atoms with Crippen LogP contribution in [0, 0.1) is 0 Å². The molecule has 2 rings (SSSR count). The standard InChI is InChI=1S/C11H11NO3/c1-15-10(13)6-9-7-4-2-3-5-8(7)11(14)12-9/h2-5,12,14H,6H2,1H3. The topological polar surface area (TPSA) is 62.3 Å². The molecule has 0 unspecified atom stereocenters. The highest BCUT2D eigenvalue weighted by Gasteiger charge is 2.11. The van der Waals surface area contributed by atoms with E-state index < -0.39 is 0 Å². The second-order valence-corrected chi connectivity index (χ2v) is 3.25. The monoisotopic (exact) mass is 205 g/mol. The number of rotatable bonds is 2. The minimum absolute atomic E-state index is 0.0875. The second-order valence-electron chi connectivity index (χ2n) is 3.25. The normalized spacial score (nSPS) is 10.5. The molecule has 1 aromatic carbocycles. The third-order valence-electron chi connectivity index (χ3n) is 2.33. The van der Waals surface area contributed by atoms with Gasteiger partial charge in [0.1, 0.15) is 0 Å². The number of carbonyl (C=O) groups is 1. The number of fused-ring (bicyclic) bond motifs is 1. The minimum atomic E-state index is -0.331. The summed E-state index contributed by atoms with van der Waals surface area (Å²) < 4.78 is 4.57. The summed E-state index contributed by atoms with van der Waals surface area (Å²) in [5.41, 5.74) is 0.676. The molecule has 0 saturated carbocycles. The van der Waals surface area contributed by atoms with Crippen LogP contribution in [-0.2, 0) is 16.0 Å². The molecule has 0 amide bonds. The minimum Gasteiger partial charge on any atom is -0.494 e. The van der Waals surface area contributed by atoms with E-state index in [9.17, 15) is 9.90 Å². The number of benzene rings is 1. The van der Waals surface area contributed by atoms with Crippen LogP contribution in [0.2, 0.25) is 0 Å². The molecule has 78 valence electrons. The molecular formula is C11H11NO3. The molecule has 15 heavy (non-hydrogen) atoms. The predicted octanol–water partition coefficient (Wildman–Crippen LogP) is 1.59. The molecule has 0 bridgehead atoms. The first-order valence-corrected chi connectivity index (χ1v) is 4.57. The molecular weight excluding hydrogens is 194 g/mol. The summed E-state index contributed by atoms with van der Waals surface area (Å²) in [6.07, 6.45) is 0.136. The Balaban J connectivity index is 2.48. The molecule has 0 spiro atoms. The van der Waals surface area contributed by atoms with Crippen LogP contribution in [-0.4, -0.2) is 23.2 Å². The number of hydrogen-bond donors (Lipinski definition) is 2. The Morgan fingerprint density at radius 1 is 1.40 bits per heavy atom. The fourth-order valence-corrected chi connectivity index (χ4v) is 1.59. The highest BCUT2D eigenvalue weighted by molar-refractivity contribution is 5.92. The summed E-state index contributed by atoms with van der Waals surface area (Å²) in [7, 11) is 1.34. The van der Waals surface area contributed by atoms with Crippen LogP contribution < -0.4 is 0 Å². The highest BCUT2D eigenvalue weighted by atomic mass is 16.5. The molecule has 0 aliphatic heterocycles. The molecule has 0 saturated heterocycles. The van der Waals surface area contributed by atoms with Crippen molar-refractivity contribution in [2.24, 2.45) is 0 Å². The highest BCUT2D eigenvalue weighted by Crippen LogP contribution is 2.27. The molecule has 0 atom stereocenters. The summed E-state index contributed by atoms with van der Waals surface area (Å²) in [6, 6.07) is 7.33. The largest absolute Gasteiger partial charge is 0.494 e. The van der Waals surface area contributed by atoms with Gasteiger partial charge in [0, 0.05) is 16.5 Å². The number of esters is 1. The Hall–Kier alpha value is -1.97. The van der Waals surface area contributed by atoms with Gasteiger partial charge in [0.05, 0.1) is 13.5 Å². The number of hydrogen-bond acceptors (Lipinski definition) is 3. The number of aromatic amines is 1. The van der Waals surface area contributed by atoms with Crippen molar-refractivity contribution >= 4 is 16.7 Å². The Morgan fingerprint density at radius 3 is 2.73 bits per heavy atom. The van der Waals surface area contributed by atoms with Crippen LogP contribution >= 0.6 is 0 Å². The Morgan fingerprint density at radius 2 is 2.07 bits per heavy atom. The van der Waals surface area contributed by atoms with Crippen molar-refractivity contribution < 1.29 is 14.6 Å². The third-order valence-corrected chi connectivity index (χ3v) is 2.33. The Bertz CT molecular complexity index is 502. The summed E-state index contributed by atoms with van der Waals surface area (Å²) in [5, 5.41) is 11.1. The van der Waals surface area contributed by atoms with Gasteiger partial charge in [0.15, 0.2) is 5.88 Å². The summed E-state index contributed by atoms with van der Waals surface area (Å²) in [6.45, 7) is 0. The van der Waals surface area contributed by atoms with Gasteiger partial charge in [-0.2, -0.15) is 0 Å². The molecule has 0 fully saturated rings. The number of H-pyrrole nitrogens is 1. The van der Waals surface area contributed by atoms with Crippen molar-refractivity contribution in [3.63, 3.8) is 0 Å². The maximum atomic E-state index is 11.1. The lowest BCUT2D eigenvalue weighted by Crippen LogP contribution is -2.04. The van der Waals surface area contributed by atoms with Crippen LogP contribution in [0.25, 0.3) is 10.8 Å². The van der Waals surface area contributed by atoms with Gasteiger partial charge in [0.25, 0.3) is 0 Å². The lowest BCUT2D eigenvalue weighted by Gasteiger charge is -1.97. The van der Waals surface area contributed by atoms with Crippen molar-refractivity contribution in [2.45, 2.75) is 6.42 Å². The summed E-state index contributed by atoms with van der Waals surface area (Å²) in [5.74, 6) is -0.244. The molecule has 2 aromatic rings. The quantitative estimate of drug-likeness (QED) is 0.732. The zero-order valence-corrected chi connectivity index (χ0v) is 8.28. The maximum Gasteiger partial charge on any atom is 0.311 e. The van der Waals surface area contributed by atoms with E-state index in [1.54, 1.807) is 6.07 Å². The van der Waals surface area contributed by atoms with E-state index >= 15 is 0 Å². The molecule has 2 N–H and O–H groups in total. The van der Waals surface area contributed by atoms with Crippen molar-refractivity contribution in [1.82, 2.24) is 4.98 Å². The molecule has 0 aliphatic carbocycles. The zero-order chi connectivity index (χ0) is 10.8. The van der Waals surface area contributed by atoms with E-state index in [1.807, 2.05) is 18.2 Å². The van der Waals surface area contributed by atoms with Gasteiger partial charge in [-0.1, -0.05) is 18.2 Å².